The summed E-state index contributed by atoms with van der Waals surface area (Å²) in [5.41, 5.74) is -0.169. The predicted octanol–water partition coefficient (Wildman–Crippen LogP) is 2.89. The van der Waals surface area contributed by atoms with Crippen molar-refractivity contribution in [3.05, 3.63) is 0 Å². The Morgan fingerprint density at radius 3 is 2.30 bits per heavy atom. The van der Waals surface area contributed by atoms with Gasteiger partial charge in [-0.2, -0.15) is 0 Å². The first kappa shape index (κ1) is 17.9. The van der Waals surface area contributed by atoms with E-state index in [0.29, 0.717) is 11.3 Å². The lowest BCUT2D eigenvalue weighted by atomic mass is 9.85. The van der Waals surface area contributed by atoms with Gasteiger partial charge in [-0.25, -0.2) is 0 Å². The van der Waals surface area contributed by atoms with Crippen LogP contribution in [0.15, 0.2) is 0 Å². The molecular weight excluding hydrogens is 248 g/mol. The van der Waals surface area contributed by atoms with Gasteiger partial charge in [0.05, 0.1) is 5.60 Å². The van der Waals surface area contributed by atoms with Crippen molar-refractivity contribution < 1.29 is 5.11 Å². The average molecular weight is 284 g/mol. The average Bonchev–Trinajstić information content (AvgIpc) is 2.74. The minimum Gasteiger partial charge on any atom is -0.389 e. The zero-order valence-corrected chi connectivity index (χ0v) is 14.3. The molecule has 1 aliphatic carbocycles. The molecule has 1 fully saturated rings. The van der Waals surface area contributed by atoms with E-state index in [1.807, 2.05) is 13.8 Å². The van der Waals surface area contributed by atoms with Gasteiger partial charge in [0.25, 0.3) is 0 Å². The number of nitrogens with zero attached hydrogens (tertiary/aromatic N) is 1. The van der Waals surface area contributed by atoms with Crippen molar-refractivity contribution in [2.45, 2.75) is 65.9 Å². The lowest BCUT2D eigenvalue weighted by Crippen LogP contribution is -2.47. The molecule has 0 saturated heterocycles. The van der Waals surface area contributed by atoms with Gasteiger partial charge in [0.1, 0.15) is 0 Å². The largest absolute Gasteiger partial charge is 0.389 e. The van der Waals surface area contributed by atoms with Gasteiger partial charge in [0, 0.05) is 19.6 Å². The molecule has 0 aromatic heterocycles. The number of rotatable bonds is 9. The molecule has 1 rings (SSSR count). The first-order valence-corrected chi connectivity index (χ1v) is 8.42. The van der Waals surface area contributed by atoms with Crippen LogP contribution in [-0.4, -0.2) is 48.3 Å². The highest BCUT2D eigenvalue weighted by atomic mass is 16.3. The quantitative estimate of drug-likeness (QED) is 0.683. The van der Waals surface area contributed by atoms with Crippen molar-refractivity contribution in [1.29, 1.82) is 0 Å². The molecule has 3 nitrogen and oxygen atoms in total. The minimum atomic E-state index is -0.596. The third kappa shape index (κ3) is 6.55. The topological polar surface area (TPSA) is 35.5 Å². The fraction of sp³-hybridized carbons (Fsp3) is 1.00. The van der Waals surface area contributed by atoms with Crippen LogP contribution in [0.2, 0.25) is 0 Å². The summed E-state index contributed by atoms with van der Waals surface area (Å²) in [5, 5.41) is 13.7. The van der Waals surface area contributed by atoms with Crippen LogP contribution in [0.5, 0.6) is 0 Å². The lowest BCUT2D eigenvalue weighted by Gasteiger charge is -2.37. The summed E-state index contributed by atoms with van der Waals surface area (Å²) in [6.45, 7) is 15.7. The first-order chi connectivity index (χ1) is 9.26. The van der Waals surface area contributed by atoms with Gasteiger partial charge in [-0.3, -0.25) is 0 Å². The molecule has 120 valence electrons. The van der Waals surface area contributed by atoms with Crippen LogP contribution >= 0.6 is 0 Å². The maximum atomic E-state index is 10.1. The molecule has 0 radical (unpaired) electrons. The normalized spacial score (nSPS) is 19.2. The number of hydrogen-bond acceptors (Lipinski definition) is 3. The third-order valence-electron chi connectivity index (χ3n) is 4.33. The predicted molar refractivity (Wildman–Crippen MR) is 87.0 cm³/mol. The van der Waals surface area contributed by atoms with Gasteiger partial charge >= 0.3 is 0 Å². The Kier molecular flexibility index (Phi) is 6.96. The van der Waals surface area contributed by atoms with Crippen molar-refractivity contribution in [3.63, 3.8) is 0 Å². The highest BCUT2D eigenvalue weighted by Crippen LogP contribution is 2.38. The van der Waals surface area contributed by atoms with Crippen LogP contribution in [0.25, 0.3) is 0 Å². The molecule has 1 aliphatic rings. The van der Waals surface area contributed by atoms with Crippen LogP contribution in [0, 0.1) is 11.3 Å². The van der Waals surface area contributed by atoms with Gasteiger partial charge in [-0.1, -0.05) is 33.6 Å². The van der Waals surface area contributed by atoms with Crippen LogP contribution in [0.3, 0.4) is 0 Å². The monoisotopic (exact) mass is 284 g/mol. The molecule has 0 aromatic carbocycles. The van der Waals surface area contributed by atoms with Gasteiger partial charge in [0.2, 0.25) is 0 Å². The second kappa shape index (κ2) is 7.77. The summed E-state index contributed by atoms with van der Waals surface area (Å²) in [7, 11) is 0. The van der Waals surface area contributed by atoms with E-state index in [2.05, 4.69) is 31.0 Å². The second-order valence-electron chi connectivity index (χ2n) is 7.85. The zero-order chi connectivity index (χ0) is 15.2. The molecule has 0 amide bonds. The summed E-state index contributed by atoms with van der Waals surface area (Å²) in [6.07, 6.45) is 5.40. The van der Waals surface area contributed by atoms with Gasteiger partial charge in [0.15, 0.2) is 0 Å². The molecular formula is C17H36N2O. The molecule has 0 aromatic rings. The summed E-state index contributed by atoms with van der Waals surface area (Å²) in [4.78, 5) is 2.43. The molecule has 0 aliphatic heterocycles. The van der Waals surface area contributed by atoms with E-state index >= 15 is 0 Å². The van der Waals surface area contributed by atoms with E-state index in [9.17, 15) is 5.11 Å². The number of nitrogens with one attached hydrogen (secondary N) is 1. The first-order valence-electron chi connectivity index (χ1n) is 8.42. The number of hydrogen-bond donors (Lipinski definition) is 2. The van der Waals surface area contributed by atoms with E-state index in [1.165, 1.54) is 25.7 Å². The van der Waals surface area contributed by atoms with Gasteiger partial charge in [-0.15, -0.1) is 0 Å². The maximum Gasteiger partial charge on any atom is 0.0718 e. The summed E-state index contributed by atoms with van der Waals surface area (Å²) in [5.74, 6) is 0.715. The van der Waals surface area contributed by atoms with E-state index in [-0.39, 0.29) is 0 Å². The Balaban J connectivity index is 2.55. The molecule has 3 heteroatoms. The highest BCUT2D eigenvalue weighted by molar-refractivity contribution is 4.90. The van der Waals surface area contributed by atoms with E-state index in [1.54, 1.807) is 0 Å². The number of aliphatic hydroxyl groups is 1. The summed E-state index contributed by atoms with van der Waals surface area (Å²) < 4.78 is 0. The Morgan fingerprint density at radius 2 is 1.85 bits per heavy atom. The maximum absolute atomic E-state index is 10.1. The highest BCUT2D eigenvalue weighted by Gasteiger charge is 2.35. The smallest absolute Gasteiger partial charge is 0.0718 e. The summed E-state index contributed by atoms with van der Waals surface area (Å²) >= 11 is 0. The molecule has 1 saturated carbocycles. The molecule has 0 atom stereocenters. The fourth-order valence-corrected chi connectivity index (χ4v) is 3.44. The van der Waals surface area contributed by atoms with Crippen molar-refractivity contribution in [3.8, 4) is 0 Å². The molecule has 2 N–H and O–H groups in total. The van der Waals surface area contributed by atoms with Gasteiger partial charge in [-0.05, 0) is 51.1 Å². The fourth-order valence-electron chi connectivity index (χ4n) is 3.44. The van der Waals surface area contributed by atoms with Crippen molar-refractivity contribution in [1.82, 2.24) is 10.2 Å². The Hall–Kier alpha value is -0.120. The summed E-state index contributed by atoms with van der Waals surface area (Å²) in [6, 6.07) is 0. The van der Waals surface area contributed by atoms with Crippen LogP contribution in [0.4, 0.5) is 0 Å². The van der Waals surface area contributed by atoms with Crippen molar-refractivity contribution in [2.75, 3.05) is 32.7 Å². The van der Waals surface area contributed by atoms with Crippen molar-refractivity contribution in [2.24, 2.45) is 11.3 Å². The molecule has 0 bridgehead atoms. The van der Waals surface area contributed by atoms with Crippen molar-refractivity contribution >= 4 is 0 Å². The standard InChI is InChI=1S/C17H36N2O/c1-6-19(13-16(4,5)20)14-17(9-7-8-10-17)12-18-11-15(2)3/h15,18,20H,6-14H2,1-5H3. The Bertz CT molecular complexity index is 265. The Labute approximate surface area is 126 Å². The van der Waals surface area contributed by atoms with E-state index in [0.717, 1.165) is 32.7 Å². The molecule has 0 unspecified atom stereocenters. The third-order valence-corrected chi connectivity index (χ3v) is 4.33. The van der Waals surface area contributed by atoms with Crippen LogP contribution in [-0.2, 0) is 0 Å². The SMILES string of the molecule is CCN(CC(C)(C)O)CC1(CNCC(C)C)CCCC1. The molecule has 0 heterocycles. The molecule has 0 spiro atoms. The Morgan fingerprint density at radius 1 is 1.25 bits per heavy atom. The second-order valence-corrected chi connectivity index (χ2v) is 7.85. The minimum absolute atomic E-state index is 0.427. The van der Waals surface area contributed by atoms with Crippen LogP contribution < -0.4 is 5.32 Å². The molecule has 20 heavy (non-hydrogen) atoms. The van der Waals surface area contributed by atoms with Crippen LogP contribution in [0.1, 0.15) is 60.3 Å². The zero-order valence-electron chi connectivity index (χ0n) is 14.3. The van der Waals surface area contributed by atoms with E-state index < -0.39 is 5.60 Å². The van der Waals surface area contributed by atoms with E-state index in [4.69, 9.17) is 0 Å². The number of likely N-dealkylation sites (N-methyl/N-ethyl adjacent to an activating group) is 1. The lowest BCUT2D eigenvalue weighted by molar-refractivity contribution is 0.0221. The van der Waals surface area contributed by atoms with Gasteiger partial charge < -0.3 is 15.3 Å².